The first-order valence-electron chi connectivity index (χ1n) is 17.8. The van der Waals surface area contributed by atoms with Gasteiger partial charge in [0.2, 0.25) is 10.0 Å². The molecule has 2 amide bonds. The van der Waals surface area contributed by atoms with Crippen molar-refractivity contribution in [2.45, 2.75) is 89.7 Å². The molecule has 0 bridgehead atoms. The summed E-state index contributed by atoms with van der Waals surface area (Å²) in [6.07, 6.45) is -0.0835. The molecule has 5 rings (SSSR count). The second-order valence-corrected chi connectivity index (χ2v) is 15.7. The van der Waals surface area contributed by atoms with Gasteiger partial charge in [-0.2, -0.15) is 4.31 Å². The number of hydrogen-bond donors (Lipinski definition) is 3. The first-order chi connectivity index (χ1) is 23.9. The zero-order chi connectivity index (χ0) is 36.0. The molecule has 274 valence electrons. The second-order valence-electron chi connectivity index (χ2n) is 13.8. The van der Waals surface area contributed by atoms with Gasteiger partial charge in [0.25, 0.3) is 5.91 Å². The maximum absolute atomic E-state index is 14.4. The number of fused-ring (bicyclic) bond motifs is 2. The lowest BCUT2D eigenvalue weighted by Crippen LogP contribution is -2.51. The molecule has 2 saturated heterocycles. The van der Waals surface area contributed by atoms with Crippen molar-refractivity contribution in [3.05, 3.63) is 65.4 Å². The van der Waals surface area contributed by atoms with Crippen LogP contribution in [0.25, 0.3) is 5.57 Å². The Hall–Kier alpha value is -3.49. The number of nitrogens with one attached hydrogen (secondary N) is 2. The lowest BCUT2D eigenvalue weighted by atomic mass is 10.0. The van der Waals surface area contributed by atoms with E-state index in [1.54, 1.807) is 12.1 Å². The number of aliphatic hydroxyl groups excluding tert-OH is 1. The fourth-order valence-corrected chi connectivity index (χ4v) is 8.64. The molecule has 0 aliphatic carbocycles. The molecule has 2 aromatic carbocycles. The van der Waals surface area contributed by atoms with Crippen LogP contribution < -0.4 is 10.6 Å². The third-order valence-corrected chi connectivity index (χ3v) is 11.3. The number of sulfonamides is 1. The predicted molar refractivity (Wildman–Crippen MR) is 191 cm³/mol. The number of allylic oxidation sites excluding steroid dienone is 1. The summed E-state index contributed by atoms with van der Waals surface area (Å²) in [5.74, 6) is -0.387. The Morgan fingerprint density at radius 3 is 2.48 bits per heavy atom. The van der Waals surface area contributed by atoms with Crippen molar-refractivity contribution in [3.8, 4) is 0 Å². The van der Waals surface area contributed by atoms with E-state index in [1.165, 1.54) is 10.4 Å². The van der Waals surface area contributed by atoms with Crippen molar-refractivity contribution in [3.63, 3.8) is 0 Å². The van der Waals surface area contributed by atoms with Gasteiger partial charge >= 0.3 is 6.09 Å². The molecule has 0 saturated carbocycles. The molecular weight excluding hydrogens is 660 g/mol. The fourth-order valence-electron chi connectivity index (χ4n) is 7.00. The van der Waals surface area contributed by atoms with Crippen LogP contribution in [0.3, 0.4) is 0 Å². The van der Waals surface area contributed by atoms with E-state index in [1.807, 2.05) is 51.1 Å². The number of carbonyl (C=O) groups excluding carboxylic acids is 2. The first kappa shape index (κ1) is 37.8. The van der Waals surface area contributed by atoms with Crippen LogP contribution in [0.15, 0.2) is 59.1 Å². The van der Waals surface area contributed by atoms with E-state index in [0.717, 1.165) is 43.6 Å². The molecule has 2 aromatic rings. The van der Waals surface area contributed by atoms with E-state index < -0.39 is 34.4 Å². The predicted octanol–water partition coefficient (Wildman–Crippen LogP) is 4.60. The lowest BCUT2D eigenvalue weighted by Gasteiger charge is -2.31. The molecule has 50 heavy (non-hydrogen) atoms. The molecule has 3 heterocycles. The molecule has 3 aliphatic rings. The quantitative estimate of drug-likeness (QED) is 0.213. The van der Waals surface area contributed by atoms with Crippen molar-refractivity contribution < 1.29 is 37.3 Å². The summed E-state index contributed by atoms with van der Waals surface area (Å²) in [6.45, 7) is 12.0. The lowest BCUT2D eigenvalue weighted by molar-refractivity contribution is -0.110. The highest BCUT2D eigenvalue weighted by molar-refractivity contribution is 7.89. The number of aliphatic hydroxyl groups is 1. The van der Waals surface area contributed by atoms with Crippen LogP contribution in [0.2, 0.25) is 0 Å². The summed E-state index contributed by atoms with van der Waals surface area (Å²) >= 11 is 0. The van der Waals surface area contributed by atoms with E-state index in [4.69, 9.17) is 14.2 Å². The van der Waals surface area contributed by atoms with Gasteiger partial charge in [0.15, 0.2) is 6.29 Å². The summed E-state index contributed by atoms with van der Waals surface area (Å²) in [4.78, 5) is 28.6. The molecule has 0 radical (unpaired) electrons. The number of rotatable bonds is 16. The third-order valence-electron chi connectivity index (χ3n) is 9.47. The van der Waals surface area contributed by atoms with E-state index in [9.17, 15) is 23.1 Å². The topological polar surface area (TPSA) is 147 Å². The van der Waals surface area contributed by atoms with Crippen molar-refractivity contribution in [2.24, 2.45) is 11.8 Å². The van der Waals surface area contributed by atoms with Gasteiger partial charge in [-0.05, 0) is 62.3 Å². The van der Waals surface area contributed by atoms with Gasteiger partial charge in [-0.15, -0.1) is 0 Å². The average molecular weight is 713 g/mol. The average Bonchev–Trinajstić information content (AvgIpc) is 3.79. The summed E-state index contributed by atoms with van der Waals surface area (Å²) in [7, 11) is -4.16. The Labute approximate surface area is 296 Å². The Kier molecular flexibility index (Phi) is 12.6. The molecular formula is C37H52N4O8S. The molecule has 5 unspecified atom stereocenters. The standard InChI is InChI=1S/C37H52N4O8S/c1-6-16-40(17-7-2)25(5)34-29-20-27(13-14-30(29)38-35(34)43)50(45,46)41(21-24(3)4)22-32(42)31(19-26-11-9-8-10-12-26)39-37(44)49-33-23-48-36-28(33)15-18-47-36/h8-14,20,24,28,31-33,36,42H,6-7,15-19,21-23H2,1-5H3,(H,38,43)(H,39,44). The van der Waals surface area contributed by atoms with Gasteiger partial charge in [-0.25, -0.2) is 13.2 Å². The van der Waals surface area contributed by atoms with Crippen molar-refractivity contribution in [1.82, 2.24) is 14.5 Å². The van der Waals surface area contributed by atoms with Crippen LogP contribution in [-0.4, -0.2) is 98.7 Å². The number of carbonyl (C=O) groups is 2. The van der Waals surface area contributed by atoms with Gasteiger partial charge in [-0.3, -0.25) is 4.79 Å². The summed E-state index contributed by atoms with van der Waals surface area (Å²) < 4.78 is 46.9. The van der Waals surface area contributed by atoms with Crippen molar-refractivity contribution >= 4 is 33.3 Å². The summed E-state index contributed by atoms with van der Waals surface area (Å²) in [5, 5.41) is 17.4. The molecule has 12 nitrogen and oxygen atoms in total. The minimum absolute atomic E-state index is 0.0185. The van der Waals surface area contributed by atoms with Gasteiger partial charge < -0.3 is 34.9 Å². The van der Waals surface area contributed by atoms with Gasteiger partial charge in [0.1, 0.15) is 6.10 Å². The Morgan fingerprint density at radius 2 is 1.80 bits per heavy atom. The zero-order valence-corrected chi connectivity index (χ0v) is 30.6. The normalized spacial score (nSPS) is 22.2. The Bertz CT molecular complexity index is 1630. The number of benzene rings is 2. The summed E-state index contributed by atoms with van der Waals surface area (Å²) in [6, 6.07) is 13.2. The van der Waals surface area contributed by atoms with Crippen molar-refractivity contribution in [2.75, 3.05) is 44.7 Å². The van der Waals surface area contributed by atoms with Crippen LogP contribution >= 0.6 is 0 Å². The van der Waals surface area contributed by atoms with Crippen LogP contribution in [0.1, 0.15) is 65.0 Å². The minimum Gasteiger partial charge on any atom is -0.443 e. The monoisotopic (exact) mass is 712 g/mol. The molecule has 5 atom stereocenters. The summed E-state index contributed by atoms with van der Waals surface area (Å²) in [5.41, 5.74) is 3.21. The zero-order valence-electron chi connectivity index (χ0n) is 29.8. The number of alkyl carbamates (subject to hydrolysis) is 1. The smallest absolute Gasteiger partial charge is 0.407 e. The van der Waals surface area contributed by atoms with E-state index >= 15 is 0 Å². The highest BCUT2D eigenvalue weighted by Crippen LogP contribution is 2.37. The van der Waals surface area contributed by atoms with E-state index in [-0.39, 0.29) is 55.0 Å². The van der Waals surface area contributed by atoms with Crippen LogP contribution in [0.5, 0.6) is 0 Å². The number of ether oxygens (including phenoxy) is 3. The molecule has 3 N–H and O–H groups in total. The third kappa shape index (κ3) is 8.68. The van der Waals surface area contributed by atoms with Crippen LogP contribution in [-0.2, 0) is 35.4 Å². The second kappa shape index (κ2) is 16.7. The number of hydrogen-bond acceptors (Lipinski definition) is 9. The molecule has 13 heteroatoms. The first-order valence-corrected chi connectivity index (χ1v) is 19.2. The Morgan fingerprint density at radius 1 is 1.08 bits per heavy atom. The van der Waals surface area contributed by atoms with Crippen molar-refractivity contribution in [1.29, 1.82) is 0 Å². The minimum atomic E-state index is -4.16. The number of amides is 2. The molecule has 0 aromatic heterocycles. The molecule has 2 fully saturated rings. The maximum atomic E-state index is 14.4. The maximum Gasteiger partial charge on any atom is 0.407 e. The highest BCUT2D eigenvalue weighted by Gasteiger charge is 2.44. The van der Waals surface area contributed by atoms with E-state index in [0.29, 0.717) is 23.4 Å². The number of anilines is 1. The number of nitrogens with zero attached hydrogens (tertiary/aromatic N) is 2. The fraction of sp³-hybridized carbons (Fsp3) is 0.568. The highest BCUT2D eigenvalue weighted by atomic mass is 32.2. The van der Waals surface area contributed by atoms with Gasteiger partial charge in [-0.1, -0.05) is 58.0 Å². The van der Waals surface area contributed by atoms with Gasteiger partial charge in [0, 0.05) is 43.1 Å². The van der Waals surface area contributed by atoms with Crippen LogP contribution in [0, 0.1) is 11.8 Å². The SMILES string of the molecule is CCCN(CCC)C(C)=C1C(=O)Nc2ccc(S(=O)(=O)N(CC(C)C)CC(O)C(Cc3ccccc3)NC(=O)OC3COC4OCCC34)cc21. The van der Waals surface area contributed by atoms with Gasteiger partial charge in [0.05, 0.1) is 41.7 Å². The molecule has 0 spiro atoms. The molecule has 3 aliphatic heterocycles. The largest absolute Gasteiger partial charge is 0.443 e. The van der Waals surface area contributed by atoms with Crippen LogP contribution in [0.4, 0.5) is 10.5 Å². The Balaban J connectivity index is 1.40. The van der Waals surface area contributed by atoms with E-state index in [2.05, 4.69) is 29.4 Å².